The maximum Gasteiger partial charge on any atom is 0.355 e. The van der Waals surface area contributed by atoms with Crippen LogP contribution in [0.25, 0.3) is 0 Å². The van der Waals surface area contributed by atoms with E-state index in [1.165, 1.54) is 9.87 Å². The Labute approximate surface area is 244 Å². The predicted molar refractivity (Wildman–Crippen MR) is 158 cm³/mol. The van der Waals surface area contributed by atoms with Crippen LogP contribution in [0.2, 0.25) is 0 Å². The van der Waals surface area contributed by atoms with E-state index >= 15 is 0 Å². The Morgan fingerprint density at radius 1 is 1.07 bits per heavy atom. The van der Waals surface area contributed by atoms with Crippen LogP contribution in [0.4, 0.5) is 5.13 Å². The lowest BCUT2D eigenvalue weighted by Crippen LogP contribution is -2.60. The number of carbonyl (C=O) groups is 2. The molecule has 0 spiro atoms. The number of hydrogen-bond donors (Lipinski definition) is 3. The van der Waals surface area contributed by atoms with Crippen LogP contribution in [0, 0.1) is 0 Å². The summed E-state index contributed by atoms with van der Waals surface area (Å²) in [5.74, 6) is -1.35. The van der Waals surface area contributed by atoms with Crippen molar-refractivity contribution in [1.29, 1.82) is 0 Å². The number of amides is 1. The number of aliphatic hydroxyl groups excluding tert-OH is 1. The maximum atomic E-state index is 13.8. The lowest BCUT2D eigenvalue weighted by molar-refractivity contribution is -0.125. The molecule has 3 N–H and O–H groups in total. The lowest BCUT2D eigenvalue weighted by atomic mass is 10.0. The molecule has 1 saturated heterocycles. The molecule has 0 saturated carbocycles. The van der Waals surface area contributed by atoms with E-state index in [9.17, 15) is 28.2 Å². The first kappa shape index (κ1) is 30.6. The summed E-state index contributed by atoms with van der Waals surface area (Å²) in [6.07, 6.45) is 1.78. The number of thiazole rings is 1. The van der Waals surface area contributed by atoms with Gasteiger partial charge in [0, 0.05) is 26.2 Å². The summed E-state index contributed by atoms with van der Waals surface area (Å²) in [5.41, 5.74) is 2.85. The van der Waals surface area contributed by atoms with Gasteiger partial charge in [-0.1, -0.05) is 74.9 Å². The first-order valence-electron chi connectivity index (χ1n) is 13.6. The van der Waals surface area contributed by atoms with Gasteiger partial charge in [0.05, 0.1) is 16.4 Å². The molecule has 0 radical (unpaired) electrons. The van der Waals surface area contributed by atoms with Crippen molar-refractivity contribution >= 4 is 38.4 Å². The van der Waals surface area contributed by atoms with E-state index in [0.717, 1.165) is 35.3 Å². The summed E-state index contributed by atoms with van der Waals surface area (Å²) < 4.78 is 28.8. The Bertz CT molecular complexity index is 1470. The Morgan fingerprint density at radius 2 is 1.73 bits per heavy atom. The minimum absolute atomic E-state index is 0.00331. The third kappa shape index (κ3) is 6.95. The van der Waals surface area contributed by atoms with E-state index in [1.54, 1.807) is 29.2 Å². The van der Waals surface area contributed by atoms with E-state index in [0.29, 0.717) is 11.0 Å². The number of anilines is 1. The van der Waals surface area contributed by atoms with Gasteiger partial charge in [-0.3, -0.25) is 4.79 Å². The average Bonchev–Trinajstić information content (AvgIpc) is 3.41. The summed E-state index contributed by atoms with van der Waals surface area (Å²) in [7, 11) is -4.02. The second kappa shape index (κ2) is 13.1. The fourth-order valence-corrected chi connectivity index (χ4v) is 7.29. The molecule has 2 aromatic carbocycles. The number of aryl methyl sites for hydroxylation is 1. The number of hydrogen-bond acceptors (Lipinski definition) is 8. The van der Waals surface area contributed by atoms with Crippen molar-refractivity contribution in [2.45, 2.75) is 63.6 Å². The van der Waals surface area contributed by atoms with Crippen molar-refractivity contribution < 1.29 is 28.2 Å². The van der Waals surface area contributed by atoms with Crippen LogP contribution < -0.4 is 10.2 Å². The van der Waals surface area contributed by atoms with Crippen molar-refractivity contribution in [1.82, 2.24) is 14.6 Å². The third-order valence-corrected chi connectivity index (χ3v) is 10.1. The molecule has 10 nitrogen and oxygen atoms in total. The van der Waals surface area contributed by atoms with Crippen molar-refractivity contribution in [3.63, 3.8) is 0 Å². The first-order chi connectivity index (χ1) is 19.5. The van der Waals surface area contributed by atoms with Gasteiger partial charge in [0.1, 0.15) is 6.04 Å². The summed E-state index contributed by atoms with van der Waals surface area (Å²) >= 11 is 1.02. The molecule has 0 aliphatic carbocycles. The van der Waals surface area contributed by atoms with Crippen molar-refractivity contribution in [3.8, 4) is 0 Å². The molecular weight excluding hydrogens is 564 g/mol. The molecule has 12 heteroatoms. The lowest BCUT2D eigenvalue weighted by Gasteiger charge is -2.39. The molecule has 2 heterocycles. The standard InChI is InChI=1S/C29H36N4O6S2/c1-4-5-20-8-12-23(13-9-20)41(38,39)33-15-14-32(29-31-26(28(36)37)25(18-34)40-29)17-24(33)27(35)30-16-21-6-10-22(11-7-21)19(2)3/h6-13,19,24,34H,4-5,14-18H2,1-3H3,(H,30,35)(H,36,37). The van der Waals surface area contributed by atoms with Gasteiger partial charge < -0.3 is 20.4 Å². The van der Waals surface area contributed by atoms with Crippen molar-refractivity contribution in [2.75, 3.05) is 24.5 Å². The summed E-state index contributed by atoms with van der Waals surface area (Å²) in [6.45, 7) is 6.16. The highest BCUT2D eigenvalue weighted by molar-refractivity contribution is 7.89. The second-order valence-corrected chi connectivity index (χ2v) is 13.3. The molecule has 4 rings (SSSR count). The van der Waals surface area contributed by atoms with Crippen molar-refractivity contribution in [2.24, 2.45) is 0 Å². The minimum Gasteiger partial charge on any atom is -0.476 e. The van der Waals surface area contributed by atoms with Gasteiger partial charge in [0.2, 0.25) is 15.9 Å². The van der Waals surface area contributed by atoms with Crippen LogP contribution in [-0.2, 0) is 34.4 Å². The number of sulfonamides is 1. The molecule has 1 aliphatic heterocycles. The van der Waals surface area contributed by atoms with Crippen LogP contribution >= 0.6 is 11.3 Å². The zero-order valence-corrected chi connectivity index (χ0v) is 25.0. The smallest absolute Gasteiger partial charge is 0.355 e. The number of nitrogens with zero attached hydrogens (tertiary/aromatic N) is 3. The fourth-order valence-electron chi connectivity index (χ4n) is 4.77. The molecule has 0 bridgehead atoms. The van der Waals surface area contributed by atoms with Crippen LogP contribution in [0.1, 0.15) is 65.2 Å². The number of benzene rings is 2. The molecular formula is C29H36N4O6S2. The summed E-state index contributed by atoms with van der Waals surface area (Å²) in [5, 5.41) is 22.3. The second-order valence-electron chi connectivity index (χ2n) is 10.3. The van der Waals surface area contributed by atoms with Gasteiger partial charge >= 0.3 is 5.97 Å². The number of piperazine rings is 1. The van der Waals surface area contributed by atoms with E-state index in [-0.39, 0.29) is 41.6 Å². The van der Waals surface area contributed by atoms with Crippen LogP contribution in [0.3, 0.4) is 0 Å². The Balaban J connectivity index is 1.61. The third-order valence-electron chi connectivity index (χ3n) is 7.12. The van der Waals surface area contributed by atoms with Gasteiger partial charge in [0.25, 0.3) is 0 Å². The van der Waals surface area contributed by atoms with E-state index in [2.05, 4.69) is 31.1 Å². The van der Waals surface area contributed by atoms with Crippen LogP contribution in [0.15, 0.2) is 53.4 Å². The number of aromatic carboxylic acids is 1. The zero-order valence-electron chi connectivity index (χ0n) is 23.4. The highest BCUT2D eigenvalue weighted by Crippen LogP contribution is 2.30. The zero-order chi connectivity index (χ0) is 29.7. The highest BCUT2D eigenvalue weighted by atomic mass is 32.2. The van der Waals surface area contributed by atoms with E-state index in [4.69, 9.17) is 0 Å². The van der Waals surface area contributed by atoms with Crippen LogP contribution in [0.5, 0.6) is 0 Å². The number of nitrogens with one attached hydrogen (secondary N) is 1. The minimum atomic E-state index is -4.02. The fraction of sp³-hybridized carbons (Fsp3) is 0.414. The van der Waals surface area contributed by atoms with Crippen LogP contribution in [-0.4, -0.2) is 65.5 Å². The molecule has 1 unspecified atom stereocenters. The van der Waals surface area contributed by atoms with Gasteiger partial charge in [-0.15, -0.1) is 0 Å². The quantitative estimate of drug-likeness (QED) is 0.303. The molecule has 1 amide bonds. The molecule has 1 fully saturated rings. The molecule has 41 heavy (non-hydrogen) atoms. The molecule has 1 aliphatic rings. The normalized spacial score (nSPS) is 16.2. The van der Waals surface area contributed by atoms with Gasteiger partial charge in [-0.25, -0.2) is 18.2 Å². The number of aromatic nitrogens is 1. The number of carbonyl (C=O) groups excluding carboxylic acids is 1. The van der Waals surface area contributed by atoms with E-state index < -0.39 is 34.5 Å². The Hall–Kier alpha value is -3.32. The van der Waals surface area contributed by atoms with Gasteiger partial charge in [0.15, 0.2) is 10.8 Å². The summed E-state index contributed by atoms with van der Waals surface area (Å²) in [6, 6.07) is 13.5. The molecule has 3 aromatic rings. The SMILES string of the molecule is CCCc1ccc(S(=O)(=O)N2CCN(c3nc(C(=O)O)c(CO)s3)CC2C(=O)NCc2ccc(C(C)C)cc2)cc1. The molecule has 1 aromatic heterocycles. The molecule has 1 atom stereocenters. The Morgan fingerprint density at radius 3 is 2.29 bits per heavy atom. The van der Waals surface area contributed by atoms with E-state index in [1.807, 2.05) is 24.3 Å². The topological polar surface area (TPSA) is 140 Å². The van der Waals surface area contributed by atoms with Gasteiger partial charge in [-0.2, -0.15) is 4.31 Å². The number of aliphatic hydroxyl groups is 1. The number of rotatable bonds is 11. The largest absolute Gasteiger partial charge is 0.476 e. The number of carboxylic acids is 1. The molecule has 220 valence electrons. The maximum absolute atomic E-state index is 13.8. The summed E-state index contributed by atoms with van der Waals surface area (Å²) in [4.78, 5) is 31.4. The van der Waals surface area contributed by atoms with Gasteiger partial charge in [-0.05, 0) is 41.2 Å². The highest BCUT2D eigenvalue weighted by Gasteiger charge is 2.41. The monoisotopic (exact) mass is 600 g/mol. The average molecular weight is 601 g/mol. The Kier molecular flexibility index (Phi) is 9.80. The predicted octanol–water partition coefficient (Wildman–Crippen LogP) is 3.61. The van der Waals surface area contributed by atoms with Crippen molar-refractivity contribution in [3.05, 3.63) is 75.8 Å². The first-order valence-corrected chi connectivity index (χ1v) is 15.9. The number of carboxylic acid groups (broad SMARTS) is 1.